The Morgan fingerprint density at radius 3 is 1.69 bits per heavy atom. The second kappa shape index (κ2) is 17.9. The van der Waals surface area contributed by atoms with Gasteiger partial charge in [0.2, 0.25) is 5.69 Å². The average molecular weight is 1080 g/mol. The largest absolute Gasteiger partial charge is 0.454 e. The molecule has 8 heterocycles. The van der Waals surface area contributed by atoms with Crippen LogP contribution < -0.4 is 14.4 Å². The first-order valence-corrected chi connectivity index (χ1v) is 28.0. The van der Waals surface area contributed by atoms with E-state index in [2.05, 4.69) is 195 Å². The van der Waals surface area contributed by atoms with Crippen molar-refractivity contribution in [3.8, 4) is 16.8 Å². The number of pyridine rings is 4. The lowest BCUT2D eigenvalue weighted by molar-refractivity contribution is -0.574. The summed E-state index contributed by atoms with van der Waals surface area (Å²) >= 11 is 0. The molecule has 0 aliphatic carbocycles. The molecule has 18 rings (SSSR count). The number of hydrogen-bond acceptors (Lipinski definition) is 9. The Kier molecular flexibility index (Phi) is 9.86. The highest BCUT2D eigenvalue weighted by Crippen LogP contribution is 2.48. The summed E-state index contributed by atoms with van der Waals surface area (Å²) in [5.41, 5.74) is 14.6. The van der Waals surface area contributed by atoms with E-state index < -0.39 is 0 Å². The highest BCUT2D eigenvalue weighted by atomic mass is 16.3. The number of anilines is 6. The summed E-state index contributed by atoms with van der Waals surface area (Å²) in [6.07, 6.45) is 5.67. The van der Waals surface area contributed by atoms with Gasteiger partial charge in [-0.3, -0.25) is 14.8 Å². The molecule has 0 N–H and O–H groups in total. The molecule has 0 saturated carbocycles. The first-order valence-electron chi connectivity index (χ1n) is 28.0. The van der Waals surface area contributed by atoms with Crippen LogP contribution in [0.5, 0.6) is 0 Å². The zero-order chi connectivity index (χ0) is 55.0. The fourth-order valence-electron chi connectivity index (χ4n) is 12.8. The van der Waals surface area contributed by atoms with Gasteiger partial charge in [0.15, 0.2) is 22.9 Å². The highest BCUT2D eigenvalue weighted by molar-refractivity contribution is 6.17. The summed E-state index contributed by atoms with van der Waals surface area (Å²) in [7, 11) is 0. The van der Waals surface area contributed by atoms with E-state index in [0.29, 0.717) is 0 Å². The third-order valence-electron chi connectivity index (χ3n) is 16.6. The Bertz CT molecular complexity index is 5740. The van der Waals surface area contributed by atoms with Crippen molar-refractivity contribution in [2.75, 3.05) is 9.80 Å². The van der Waals surface area contributed by atoms with Gasteiger partial charge in [-0.1, -0.05) is 109 Å². The van der Waals surface area contributed by atoms with E-state index in [1.807, 2.05) is 79.0 Å². The van der Waals surface area contributed by atoms with Crippen molar-refractivity contribution >= 4 is 155 Å². The van der Waals surface area contributed by atoms with Crippen molar-refractivity contribution < 1.29 is 22.2 Å². The summed E-state index contributed by atoms with van der Waals surface area (Å²) in [6, 6.07) is 84.5. The van der Waals surface area contributed by atoms with E-state index in [9.17, 15) is 0 Å². The summed E-state index contributed by atoms with van der Waals surface area (Å²) in [6.45, 7) is 0. The molecule has 0 bridgehead atoms. The van der Waals surface area contributed by atoms with Crippen molar-refractivity contribution in [3.63, 3.8) is 0 Å². The quantitative estimate of drug-likeness (QED) is 0.109. The summed E-state index contributed by atoms with van der Waals surface area (Å²) < 4.78 is 28.2. The van der Waals surface area contributed by atoms with Gasteiger partial charge in [-0.15, -0.1) is 4.57 Å². The summed E-state index contributed by atoms with van der Waals surface area (Å²) in [5.74, 6) is 1.50. The third kappa shape index (κ3) is 7.04. The van der Waals surface area contributed by atoms with Crippen LogP contribution in [0.15, 0.2) is 279 Å². The molecule has 10 heteroatoms. The minimum atomic E-state index is 0.723. The normalized spacial score (nSPS) is 12.0. The number of rotatable bonds is 8. The molecule has 0 aliphatic rings. The lowest BCUT2D eigenvalue weighted by Crippen LogP contribution is -2.30. The van der Waals surface area contributed by atoms with Crippen LogP contribution in [0, 0.1) is 0 Å². The Morgan fingerprint density at radius 2 is 0.929 bits per heavy atom. The van der Waals surface area contributed by atoms with Gasteiger partial charge in [0, 0.05) is 51.6 Å². The first kappa shape index (κ1) is 46.2. The molecule has 0 aliphatic heterocycles. The van der Waals surface area contributed by atoms with Crippen LogP contribution >= 0.6 is 0 Å². The van der Waals surface area contributed by atoms with Gasteiger partial charge in [0.1, 0.15) is 50.4 Å². The number of nitrogens with zero attached hydrogens (tertiary/aromatic N) is 6. The van der Waals surface area contributed by atoms with Crippen molar-refractivity contribution in [2.45, 2.75) is 0 Å². The zero-order valence-electron chi connectivity index (χ0n) is 44.6. The number of fused-ring (bicyclic) bond motifs is 16. The van der Waals surface area contributed by atoms with Gasteiger partial charge < -0.3 is 17.7 Å². The number of furan rings is 4. The van der Waals surface area contributed by atoms with E-state index in [4.69, 9.17) is 27.6 Å². The fraction of sp³-hybridized carbons (Fsp3) is 0. The number of para-hydroxylation sites is 2. The molecule has 0 radical (unpaired) electrons. The lowest BCUT2D eigenvalue weighted by atomic mass is 9.98. The predicted octanol–water partition coefficient (Wildman–Crippen LogP) is 19.8. The highest BCUT2D eigenvalue weighted by Gasteiger charge is 2.28. The smallest absolute Gasteiger partial charge is 0.387 e. The van der Waals surface area contributed by atoms with Gasteiger partial charge in [0.25, 0.3) is 0 Å². The first-order chi connectivity index (χ1) is 41.6. The molecule has 0 saturated heterocycles. The van der Waals surface area contributed by atoms with Gasteiger partial charge >= 0.3 is 5.71 Å². The molecule has 0 fully saturated rings. The van der Waals surface area contributed by atoms with Crippen molar-refractivity contribution in [2.24, 2.45) is 0 Å². The molecule has 10 nitrogen and oxygen atoms in total. The molecule has 84 heavy (non-hydrogen) atoms. The molecule has 0 unspecified atom stereocenters. The van der Waals surface area contributed by atoms with Crippen LogP contribution in [-0.2, 0) is 0 Å². The van der Waals surface area contributed by atoms with Crippen LogP contribution in [0.3, 0.4) is 0 Å². The molecule has 392 valence electrons. The third-order valence-corrected chi connectivity index (χ3v) is 16.6. The SMILES string of the molecule is c1ccc(-c2cc(N(c3ccc4oc5ccccc5c4n3)c3cccc4oc5c(ccc[n+]5-c5ccc6c(ccc7cc(N(c8ccc9oc%10ccccc%10c9n8)c8cccc9oc%10cnccc%10c89)ccc76)c5)c34)c3ccccc3c2)cc1. The van der Waals surface area contributed by atoms with E-state index >= 15 is 0 Å². The Morgan fingerprint density at radius 1 is 0.333 bits per heavy atom. The number of aromatic nitrogens is 4. The van der Waals surface area contributed by atoms with Gasteiger partial charge in [-0.2, -0.15) is 0 Å². The van der Waals surface area contributed by atoms with Gasteiger partial charge in [-0.05, 0) is 153 Å². The molecule has 10 aromatic carbocycles. The maximum Gasteiger partial charge on any atom is 0.387 e. The van der Waals surface area contributed by atoms with Crippen LogP contribution in [0.2, 0.25) is 0 Å². The van der Waals surface area contributed by atoms with Crippen molar-refractivity contribution in [1.29, 1.82) is 0 Å². The van der Waals surface area contributed by atoms with E-state index in [0.717, 1.165) is 172 Å². The van der Waals surface area contributed by atoms with Crippen LogP contribution in [0.4, 0.5) is 34.4 Å². The van der Waals surface area contributed by atoms with Crippen molar-refractivity contribution in [3.05, 3.63) is 261 Å². The molecule has 0 atom stereocenters. The minimum Gasteiger partial charge on any atom is -0.454 e. The van der Waals surface area contributed by atoms with Crippen LogP contribution in [0.25, 0.3) is 137 Å². The molecule has 8 aromatic heterocycles. The fourth-order valence-corrected chi connectivity index (χ4v) is 12.8. The Labute approximate surface area is 477 Å². The monoisotopic (exact) mass is 1080 g/mol. The maximum absolute atomic E-state index is 7.05. The van der Waals surface area contributed by atoms with E-state index in [-0.39, 0.29) is 0 Å². The summed E-state index contributed by atoms with van der Waals surface area (Å²) in [4.78, 5) is 19.7. The molecular formula is C74H43N6O4+. The predicted molar refractivity (Wildman–Crippen MR) is 338 cm³/mol. The lowest BCUT2D eigenvalue weighted by Gasteiger charge is -2.27. The average Bonchev–Trinajstić information content (AvgIpc) is 2.50. The van der Waals surface area contributed by atoms with Gasteiger partial charge in [0.05, 0.1) is 34.0 Å². The topological polar surface area (TPSA) is 102 Å². The molecule has 18 aromatic rings. The minimum absolute atomic E-state index is 0.723. The molecule has 0 amide bonds. The molecule has 0 spiro atoms. The standard InChI is InChI=1S/C74H43N6O4/c1-2-13-44(14-3-1)48-39-45-15-4-5-16-53(45)60(42-48)80(69-35-33-66-73(77-69)56-18-7-9-23-62(56)82-66)59-21-11-25-64-71(59)57-19-12-38-78(74(57)84-64)49-28-30-51-46(40-49)26-27-47-41-50(29-31-52(47)51)79(58-20-10-24-63-70(58)54-36-37-75-43-67(54)83-63)68-34-32-65-72(76-68)55-17-6-8-22-61(55)81-65/h1-43H/q+1. The van der Waals surface area contributed by atoms with E-state index in [1.54, 1.807) is 6.20 Å². The van der Waals surface area contributed by atoms with E-state index in [1.165, 1.54) is 0 Å². The number of benzene rings is 10. The maximum atomic E-state index is 7.05. The zero-order valence-corrected chi connectivity index (χ0v) is 44.6. The van der Waals surface area contributed by atoms with Crippen LogP contribution in [0.1, 0.15) is 0 Å². The Balaban J connectivity index is 0.783. The molecular weight excluding hydrogens is 1040 g/mol. The van der Waals surface area contributed by atoms with Crippen molar-refractivity contribution in [1.82, 2.24) is 15.0 Å². The van der Waals surface area contributed by atoms with Gasteiger partial charge in [-0.25, -0.2) is 9.97 Å². The second-order valence-corrected chi connectivity index (χ2v) is 21.3. The van der Waals surface area contributed by atoms with Crippen LogP contribution in [-0.4, -0.2) is 15.0 Å². The summed E-state index contributed by atoms with van der Waals surface area (Å²) in [5, 5.41) is 12.4. The Hall–Kier alpha value is -11.6. The second-order valence-electron chi connectivity index (χ2n) is 21.3. The number of hydrogen-bond donors (Lipinski definition) is 0.